The van der Waals surface area contributed by atoms with Crippen LogP contribution >= 0.6 is 34.8 Å². The van der Waals surface area contributed by atoms with Crippen molar-refractivity contribution in [1.82, 2.24) is 0 Å². The summed E-state index contributed by atoms with van der Waals surface area (Å²) in [6.45, 7) is 2.08. The molecule has 0 N–H and O–H groups in total. The molecule has 1 aliphatic rings. The maximum Gasteiger partial charge on any atom is 0.0847 e. The lowest BCUT2D eigenvalue weighted by Gasteiger charge is -2.33. The summed E-state index contributed by atoms with van der Waals surface area (Å²) in [6, 6.07) is 14.1. The van der Waals surface area contributed by atoms with Crippen LogP contribution in [0.15, 0.2) is 42.5 Å². The molecule has 2 aromatic carbocycles. The monoisotopic (exact) mass is 354 g/mol. The molecule has 2 aromatic rings. The average Bonchev–Trinajstić information content (AvgIpc) is 2.50. The molecule has 0 aromatic heterocycles. The summed E-state index contributed by atoms with van der Waals surface area (Å²) in [5, 5.41) is 1.18. The van der Waals surface area contributed by atoms with Crippen LogP contribution in [-0.4, -0.2) is 5.38 Å². The van der Waals surface area contributed by atoms with Gasteiger partial charge in [-0.3, -0.25) is 0 Å². The van der Waals surface area contributed by atoms with Gasteiger partial charge in [0, 0.05) is 5.38 Å². The topological polar surface area (TPSA) is 9.23 Å². The van der Waals surface area contributed by atoms with E-state index in [-0.39, 0.29) is 17.6 Å². The van der Waals surface area contributed by atoms with E-state index in [4.69, 9.17) is 39.5 Å². The summed E-state index contributed by atoms with van der Waals surface area (Å²) in [4.78, 5) is 0. The minimum atomic E-state index is -0.0580. The molecule has 3 atom stereocenters. The highest BCUT2D eigenvalue weighted by Gasteiger charge is 2.30. The number of halogens is 3. The van der Waals surface area contributed by atoms with Crippen LogP contribution in [0.1, 0.15) is 41.7 Å². The van der Waals surface area contributed by atoms with Crippen LogP contribution in [-0.2, 0) is 4.74 Å². The van der Waals surface area contributed by atoms with Gasteiger partial charge in [0.2, 0.25) is 0 Å². The van der Waals surface area contributed by atoms with E-state index in [0.717, 1.165) is 18.4 Å². The van der Waals surface area contributed by atoms with Crippen molar-refractivity contribution in [3.05, 3.63) is 69.2 Å². The first-order chi connectivity index (χ1) is 10.5. The fourth-order valence-corrected chi connectivity index (χ4v) is 3.42. The van der Waals surface area contributed by atoms with Crippen molar-refractivity contribution < 1.29 is 4.74 Å². The number of hydrogen-bond donors (Lipinski definition) is 0. The Balaban J connectivity index is 1.84. The zero-order valence-corrected chi connectivity index (χ0v) is 14.5. The molecule has 0 saturated carbocycles. The second kappa shape index (κ2) is 6.80. The fourth-order valence-electron chi connectivity index (χ4n) is 2.79. The van der Waals surface area contributed by atoms with Gasteiger partial charge in [0.25, 0.3) is 0 Å². The highest BCUT2D eigenvalue weighted by atomic mass is 35.5. The summed E-state index contributed by atoms with van der Waals surface area (Å²) in [5.74, 6) is 0. The van der Waals surface area contributed by atoms with Crippen molar-refractivity contribution >= 4 is 34.8 Å². The highest BCUT2D eigenvalue weighted by molar-refractivity contribution is 6.42. The molecule has 0 unspecified atom stereocenters. The van der Waals surface area contributed by atoms with Crippen molar-refractivity contribution in [1.29, 1.82) is 0 Å². The number of rotatable bonds is 2. The standard InChI is InChI=1S/C18H17Cl3O/c1-11-2-4-12(5-3-11)17-9-14(19)10-18(22-17)13-6-7-15(20)16(21)8-13/h2-8,14,17-18H,9-10H2,1H3/t14-,17-,18+/m0/s1. The van der Waals surface area contributed by atoms with Gasteiger partial charge in [0.15, 0.2) is 0 Å². The molecule has 1 aliphatic heterocycles. The van der Waals surface area contributed by atoms with E-state index in [9.17, 15) is 0 Å². The van der Waals surface area contributed by atoms with Crippen molar-refractivity contribution in [2.45, 2.75) is 37.4 Å². The van der Waals surface area contributed by atoms with Gasteiger partial charge in [-0.25, -0.2) is 0 Å². The Morgan fingerprint density at radius 2 is 1.45 bits per heavy atom. The SMILES string of the molecule is Cc1ccc([C@@H]2C[C@H](Cl)C[C@H](c3ccc(Cl)c(Cl)c3)O2)cc1. The molecule has 1 saturated heterocycles. The Morgan fingerprint density at radius 1 is 0.864 bits per heavy atom. The molecule has 116 valence electrons. The van der Waals surface area contributed by atoms with E-state index in [0.29, 0.717) is 10.0 Å². The van der Waals surface area contributed by atoms with E-state index >= 15 is 0 Å². The number of aryl methyl sites for hydroxylation is 1. The number of ether oxygens (including phenoxy) is 1. The van der Waals surface area contributed by atoms with Gasteiger partial charge < -0.3 is 4.74 Å². The zero-order chi connectivity index (χ0) is 15.7. The first-order valence-corrected chi connectivity index (χ1v) is 8.53. The van der Waals surface area contributed by atoms with Gasteiger partial charge >= 0.3 is 0 Å². The van der Waals surface area contributed by atoms with Crippen molar-refractivity contribution in [3.8, 4) is 0 Å². The minimum Gasteiger partial charge on any atom is -0.365 e. The lowest BCUT2D eigenvalue weighted by atomic mass is 9.94. The molecule has 4 heteroatoms. The zero-order valence-electron chi connectivity index (χ0n) is 12.2. The summed E-state index contributed by atoms with van der Waals surface area (Å²) in [5.41, 5.74) is 3.43. The van der Waals surface area contributed by atoms with Crippen molar-refractivity contribution in [2.24, 2.45) is 0 Å². The average molecular weight is 356 g/mol. The maximum atomic E-state index is 6.47. The molecular formula is C18H17Cl3O. The van der Waals surface area contributed by atoms with Crippen LogP contribution in [0.4, 0.5) is 0 Å². The Bertz CT molecular complexity index is 654. The summed E-state index contributed by atoms with van der Waals surface area (Å²) in [7, 11) is 0. The first kappa shape index (κ1) is 16.1. The molecule has 1 nitrogen and oxygen atoms in total. The van der Waals surface area contributed by atoms with Gasteiger partial charge in [-0.2, -0.15) is 0 Å². The summed E-state index contributed by atoms with van der Waals surface area (Å²) >= 11 is 18.6. The third-order valence-electron chi connectivity index (χ3n) is 4.03. The Morgan fingerprint density at radius 3 is 2.09 bits per heavy atom. The molecule has 0 aliphatic carbocycles. The van der Waals surface area contributed by atoms with Gasteiger partial charge in [-0.15, -0.1) is 11.6 Å². The maximum absolute atomic E-state index is 6.47. The molecule has 1 fully saturated rings. The normalized spacial score (nSPS) is 25.2. The smallest absolute Gasteiger partial charge is 0.0847 e. The first-order valence-electron chi connectivity index (χ1n) is 7.34. The molecule has 0 radical (unpaired) electrons. The third-order valence-corrected chi connectivity index (χ3v) is 5.13. The van der Waals surface area contributed by atoms with E-state index < -0.39 is 0 Å². The second-order valence-corrected chi connectivity index (χ2v) is 7.20. The third kappa shape index (κ3) is 3.60. The van der Waals surface area contributed by atoms with Crippen LogP contribution < -0.4 is 0 Å². The molecule has 22 heavy (non-hydrogen) atoms. The predicted molar refractivity (Wildman–Crippen MR) is 93.1 cm³/mol. The van der Waals surface area contributed by atoms with E-state index in [1.165, 1.54) is 11.1 Å². The van der Waals surface area contributed by atoms with Crippen LogP contribution in [0.25, 0.3) is 0 Å². The minimum absolute atomic E-state index is 0.0105. The van der Waals surface area contributed by atoms with Crippen molar-refractivity contribution in [2.75, 3.05) is 0 Å². The lowest BCUT2D eigenvalue weighted by Crippen LogP contribution is -2.23. The molecule has 1 heterocycles. The number of alkyl halides is 1. The van der Waals surface area contributed by atoms with Gasteiger partial charge in [0.05, 0.1) is 22.3 Å². The highest BCUT2D eigenvalue weighted by Crippen LogP contribution is 2.41. The van der Waals surface area contributed by atoms with Gasteiger partial charge in [-0.1, -0.05) is 59.1 Å². The van der Waals surface area contributed by atoms with E-state index in [1.807, 2.05) is 12.1 Å². The summed E-state index contributed by atoms with van der Waals surface area (Å²) in [6.07, 6.45) is 1.55. The Hall–Kier alpha value is -0.730. The van der Waals surface area contributed by atoms with Gasteiger partial charge in [0.1, 0.15) is 0 Å². The molecule has 0 spiro atoms. The fraction of sp³-hybridized carbons (Fsp3) is 0.333. The van der Waals surface area contributed by atoms with Crippen LogP contribution in [0.5, 0.6) is 0 Å². The van der Waals surface area contributed by atoms with Gasteiger partial charge in [-0.05, 0) is 43.0 Å². The van der Waals surface area contributed by atoms with Crippen LogP contribution in [0.2, 0.25) is 10.0 Å². The molecule has 0 amide bonds. The second-order valence-electron chi connectivity index (χ2n) is 5.77. The molecule has 3 rings (SSSR count). The largest absolute Gasteiger partial charge is 0.365 e. The number of hydrogen-bond acceptors (Lipinski definition) is 1. The summed E-state index contributed by atoms with van der Waals surface area (Å²) < 4.78 is 6.28. The Labute approximate surface area is 146 Å². The van der Waals surface area contributed by atoms with Crippen molar-refractivity contribution in [3.63, 3.8) is 0 Å². The molecule has 0 bridgehead atoms. The number of benzene rings is 2. The quantitative estimate of drug-likeness (QED) is 0.558. The van der Waals surface area contributed by atoms with E-state index in [1.54, 1.807) is 6.07 Å². The van der Waals surface area contributed by atoms with Crippen LogP contribution in [0, 0.1) is 6.92 Å². The Kier molecular flexibility index (Phi) is 4.99. The predicted octanol–water partition coefficient (Wildman–Crippen LogP) is 6.50. The molecular weight excluding hydrogens is 339 g/mol. The van der Waals surface area contributed by atoms with Crippen LogP contribution in [0.3, 0.4) is 0 Å². The lowest BCUT2D eigenvalue weighted by molar-refractivity contribution is -0.0516. The van der Waals surface area contributed by atoms with E-state index in [2.05, 4.69) is 31.2 Å².